The average Bonchev–Trinajstić information content (AvgIpc) is 3.09. The first kappa shape index (κ1) is 16.5. The molecule has 1 aromatic carbocycles. The quantitative estimate of drug-likeness (QED) is 0.838. The van der Waals surface area contributed by atoms with Gasteiger partial charge >= 0.3 is 0 Å². The van der Waals surface area contributed by atoms with Gasteiger partial charge in [-0.3, -0.25) is 0 Å². The van der Waals surface area contributed by atoms with Gasteiger partial charge in [0.15, 0.2) is 0 Å². The third-order valence-electron chi connectivity index (χ3n) is 7.00. The minimum Gasteiger partial charge on any atom is -0.364 e. The summed E-state index contributed by atoms with van der Waals surface area (Å²) in [5.74, 6) is 8.04. The lowest BCUT2D eigenvalue weighted by Crippen LogP contribution is -2.36. The molecule has 2 aromatic rings. The maximum Gasteiger partial charge on any atom is 0.147 e. The fourth-order valence-corrected chi connectivity index (χ4v) is 5.58. The van der Waals surface area contributed by atoms with Gasteiger partial charge in [-0.05, 0) is 43.7 Å². The van der Waals surface area contributed by atoms with Crippen LogP contribution in [0.15, 0.2) is 36.5 Å². The lowest BCUT2D eigenvalue weighted by atomic mass is 9.66. The smallest absolute Gasteiger partial charge is 0.147 e. The van der Waals surface area contributed by atoms with Crippen molar-refractivity contribution in [2.24, 2.45) is 11.3 Å². The van der Waals surface area contributed by atoms with Gasteiger partial charge in [-0.15, -0.1) is 0 Å². The van der Waals surface area contributed by atoms with Crippen molar-refractivity contribution < 1.29 is 0 Å². The zero-order valence-corrected chi connectivity index (χ0v) is 15.5. The Labute approximate surface area is 150 Å². The monoisotopic (exact) mass is 338 g/mol. The van der Waals surface area contributed by atoms with E-state index in [1.54, 1.807) is 4.68 Å². The van der Waals surface area contributed by atoms with Crippen molar-refractivity contribution in [2.45, 2.75) is 65.0 Å². The minimum atomic E-state index is 0.260. The van der Waals surface area contributed by atoms with Crippen LogP contribution in [-0.4, -0.2) is 20.6 Å². The molecule has 2 atom stereocenters. The number of nitrogen functional groups attached to an aromatic ring is 1. The molecule has 134 valence electrons. The van der Waals surface area contributed by atoms with Crippen LogP contribution in [-0.2, 0) is 6.54 Å². The van der Waals surface area contributed by atoms with Crippen LogP contribution in [0.3, 0.4) is 0 Å². The van der Waals surface area contributed by atoms with Crippen molar-refractivity contribution in [3.8, 4) is 0 Å². The molecule has 2 N–H and O–H groups in total. The SMILES string of the molecule is C=C1N(Cc2nc3ccccc3n2N)C2CCCCC2C1(CC)CC. The van der Waals surface area contributed by atoms with E-state index in [1.165, 1.54) is 44.2 Å². The highest BCUT2D eigenvalue weighted by atomic mass is 15.4. The maximum absolute atomic E-state index is 6.36. The van der Waals surface area contributed by atoms with Crippen molar-refractivity contribution in [3.63, 3.8) is 0 Å². The fourth-order valence-electron chi connectivity index (χ4n) is 5.58. The summed E-state index contributed by atoms with van der Waals surface area (Å²) in [6.07, 6.45) is 7.65. The van der Waals surface area contributed by atoms with E-state index in [1.807, 2.05) is 24.3 Å². The first-order valence-electron chi connectivity index (χ1n) is 9.79. The zero-order valence-electron chi connectivity index (χ0n) is 15.5. The van der Waals surface area contributed by atoms with E-state index in [0.717, 1.165) is 29.3 Å². The van der Waals surface area contributed by atoms with Crippen LogP contribution in [0.5, 0.6) is 0 Å². The number of aromatic nitrogens is 2. The molecule has 1 saturated heterocycles. The Kier molecular flexibility index (Phi) is 4.01. The molecule has 2 unspecified atom stereocenters. The Bertz CT molecular complexity index is 786. The number of likely N-dealkylation sites (tertiary alicyclic amines) is 1. The van der Waals surface area contributed by atoms with Crippen molar-refractivity contribution in [3.05, 3.63) is 42.4 Å². The van der Waals surface area contributed by atoms with E-state index in [2.05, 4.69) is 25.3 Å². The van der Waals surface area contributed by atoms with E-state index in [0.29, 0.717) is 6.04 Å². The molecular formula is C21H30N4. The number of nitrogens with zero attached hydrogens (tertiary/aromatic N) is 3. The molecule has 2 fully saturated rings. The molecule has 0 bridgehead atoms. The molecule has 1 saturated carbocycles. The van der Waals surface area contributed by atoms with Gasteiger partial charge in [0.1, 0.15) is 5.82 Å². The predicted molar refractivity (Wildman–Crippen MR) is 103 cm³/mol. The van der Waals surface area contributed by atoms with Crippen LogP contribution in [0, 0.1) is 11.3 Å². The molecule has 4 nitrogen and oxygen atoms in total. The first-order chi connectivity index (χ1) is 12.1. The molecule has 1 aliphatic heterocycles. The number of fused-ring (bicyclic) bond motifs is 2. The number of allylic oxidation sites excluding steroid dienone is 1. The van der Waals surface area contributed by atoms with Crippen molar-refractivity contribution in [2.75, 3.05) is 5.84 Å². The summed E-state index contributed by atoms with van der Waals surface area (Å²) in [5, 5.41) is 0. The van der Waals surface area contributed by atoms with E-state index in [-0.39, 0.29) is 5.41 Å². The number of benzene rings is 1. The predicted octanol–water partition coefficient (Wildman–Crippen LogP) is 4.44. The van der Waals surface area contributed by atoms with Gasteiger partial charge in [0.25, 0.3) is 0 Å². The Morgan fingerprint density at radius 2 is 1.92 bits per heavy atom. The standard InChI is InChI=1S/C21H30N4/c1-4-21(5-2)15(3)24(18-12-8-6-10-16(18)21)14-20-23-17-11-7-9-13-19(17)25(20)22/h7,9,11,13,16,18H,3-6,8,10,12,14,22H2,1-2H3. The van der Waals surface area contributed by atoms with E-state index in [9.17, 15) is 0 Å². The van der Waals surface area contributed by atoms with Gasteiger partial charge in [0.05, 0.1) is 17.6 Å². The summed E-state index contributed by atoms with van der Waals surface area (Å²) in [7, 11) is 0. The second-order valence-electron chi connectivity index (χ2n) is 7.78. The highest BCUT2D eigenvalue weighted by Crippen LogP contribution is 2.57. The normalized spacial score (nSPS) is 25.5. The van der Waals surface area contributed by atoms with E-state index >= 15 is 0 Å². The average molecular weight is 338 g/mol. The van der Waals surface area contributed by atoms with Crippen molar-refractivity contribution >= 4 is 11.0 Å². The lowest BCUT2D eigenvalue weighted by molar-refractivity contribution is 0.143. The van der Waals surface area contributed by atoms with Crippen LogP contribution >= 0.6 is 0 Å². The third-order valence-corrected chi connectivity index (χ3v) is 7.00. The Hall–Kier alpha value is -1.97. The van der Waals surface area contributed by atoms with Crippen LogP contribution in [0.1, 0.15) is 58.2 Å². The molecule has 1 aromatic heterocycles. The first-order valence-corrected chi connectivity index (χ1v) is 9.79. The van der Waals surface area contributed by atoms with Crippen molar-refractivity contribution in [1.82, 2.24) is 14.6 Å². The molecule has 2 aliphatic rings. The maximum atomic E-state index is 6.36. The Morgan fingerprint density at radius 1 is 1.20 bits per heavy atom. The van der Waals surface area contributed by atoms with Gasteiger partial charge in [-0.1, -0.05) is 45.4 Å². The summed E-state index contributed by atoms with van der Waals surface area (Å²) in [5.41, 5.74) is 3.56. The minimum absolute atomic E-state index is 0.260. The molecule has 4 rings (SSSR count). The Morgan fingerprint density at radius 3 is 2.64 bits per heavy atom. The molecule has 1 aliphatic carbocycles. The highest BCUT2D eigenvalue weighted by Gasteiger charge is 2.53. The van der Waals surface area contributed by atoms with E-state index in [4.69, 9.17) is 10.8 Å². The lowest BCUT2D eigenvalue weighted by Gasteiger charge is -2.37. The molecule has 4 heteroatoms. The number of rotatable bonds is 4. The Balaban J connectivity index is 1.71. The molecule has 0 radical (unpaired) electrons. The van der Waals surface area contributed by atoms with Gasteiger partial charge < -0.3 is 10.7 Å². The fraction of sp³-hybridized carbons (Fsp3) is 0.571. The van der Waals surface area contributed by atoms with E-state index < -0.39 is 0 Å². The van der Waals surface area contributed by atoms with Crippen LogP contribution < -0.4 is 5.84 Å². The summed E-state index contributed by atoms with van der Waals surface area (Å²) >= 11 is 0. The number of para-hydroxylation sites is 2. The van der Waals surface area contributed by atoms with Crippen molar-refractivity contribution in [1.29, 1.82) is 0 Å². The molecule has 2 heterocycles. The summed E-state index contributed by atoms with van der Waals surface area (Å²) in [6, 6.07) is 8.71. The van der Waals surface area contributed by atoms with Gasteiger partial charge in [0, 0.05) is 17.2 Å². The van der Waals surface area contributed by atoms with Gasteiger partial charge in [-0.25, -0.2) is 9.66 Å². The van der Waals surface area contributed by atoms with Crippen LogP contribution in [0.25, 0.3) is 11.0 Å². The topological polar surface area (TPSA) is 47.1 Å². The number of hydrogen-bond acceptors (Lipinski definition) is 3. The largest absolute Gasteiger partial charge is 0.364 e. The highest BCUT2D eigenvalue weighted by molar-refractivity contribution is 5.75. The molecule has 0 spiro atoms. The second kappa shape index (κ2) is 6.08. The van der Waals surface area contributed by atoms with Gasteiger partial charge in [-0.2, -0.15) is 0 Å². The summed E-state index contributed by atoms with van der Waals surface area (Å²) < 4.78 is 1.76. The number of hydrogen-bond donors (Lipinski definition) is 1. The van der Waals surface area contributed by atoms with Gasteiger partial charge in [0.2, 0.25) is 0 Å². The number of imidazole rings is 1. The van der Waals surface area contributed by atoms with Crippen LogP contribution in [0.4, 0.5) is 0 Å². The zero-order chi connectivity index (χ0) is 17.6. The third kappa shape index (κ3) is 2.30. The van der Waals surface area contributed by atoms with Crippen LogP contribution in [0.2, 0.25) is 0 Å². The summed E-state index contributed by atoms with van der Waals surface area (Å²) in [6.45, 7) is 10.0. The molecule has 25 heavy (non-hydrogen) atoms. The molecule has 0 amide bonds. The summed E-state index contributed by atoms with van der Waals surface area (Å²) in [4.78, 5) is 7.35. The second-order valence-corrected chi connectivity index (χ2v) is 7.78. The molecular weight excluding hydrogens is 308 g/mol. The number of nitrogens with two attached hydrogens (primary N) is 1.